The third-order valence-corrected chi connectivity index (χ3v) is 3.08. The Labute approximate surface area is 129 Å². The van der Waals surface area contributed by atoms with Gasteiger partial charge < -0.3 is 15.5 Å². The van der Waals surface area contributed by atoms with Gasteiger partial charge in [0.15, 0.2) is 0 Å². The van der Waals surface area contributed by atoms with Crippen molar-refractivity contribution in [3.63, 3.8) is 0 Å². The molecule has 0 aliphatic heterocycles. The first kappa shape index (κ1) is 15.8. The summed E-state index contributed by atoms with van der Waals surface area (Å²) in [5.74, 6) is 0.561. The number of urea groups is 1. The van der Waals surface area contributed by atoms with Crippen LogP contribution >= 0.6 is 0 Å². The molecule has 0 unspecified atom stereocenters. The van der Waals surface area contributed by atoms with E-state index < -0.39 is 0 Å². The van der Waals surface area contributed by atoms with Gasteiger partial charge in [0.2, 0.25) is 0 Å². The fourth-order valence-electron chi connectivity index (χ4n) is 1.87. The summed E-state index contributed by atoms with van der Waals surface area (Å²) in [5.41, 5.74) is 1.60. The maximum atomic E-state index is 12.8. The van der Waals surface area contributed by atoms with Gasteiger partial charge in [-0.15, -0.1) is 0 Å². The van der Waals surface area contributed by atoms with Crippen molar-refractivity contribution in [2.45, 2.75) is 6.42 Å². The molecule has 0 saturated heterocycles. The molecule has 1 aromatic heterocycles. The molecule has 0 aliphatic rings. The molecule has 0 bridgehead atoms. The van der Waals surface area contributed by atoms with Crippen LogP contribution in [0.5, 0.6) is 0 Å². The number of rotatable bonds is 5. The van der Waals surface area contributed by atoms with Crippen molar-refractivity contribution in [2.75, 3.05) is 30.9 Å². The van der Waals surface area contributed by atoms with E-state index in [-0.39, 0.29) is 11.8 Å². The fourth-order valence-corrected chi connectivity index (χ4v) is 1.87. The molecule has 0 saturated carbocycles. The molecule has 0 aliphatic carbocycles. The SMILES string of the molecule is CN(C)c1ccc(NC(=O)NCCc2ccc(F)cc2)cn1. The molecule has 0 spiro atoms. The molecule has 0 fully saturated rings. The Bertz CT molecular complexity index is 611. The second-order valence-electron chi connectivity index (χ2n) is 5.06. The van der Waals surface area contributed by atoms with E-state index in [2.05, 4.69) is 15.6 Å². The smallest absolute Gasteiger partial charge is 0.319 e. The Balaban J connectivity index is 1.76. The van der Waals surface area contributed by atoms with Crippen LogP contribution in [0, 0.1) is 5.82 Å². The topological polar surface area (TPSA) is 57.3 Å². The highest BCUT2D eigenvalue weighted by Crippen LogP contribution is 2.11. The van der Waals surface area contributed by atoms with Gasteiger partial charge in [-0.2, -0.15) is 0 Å². The standard InChI is InChI=1S/C16H19FN4O/c1-21(2)15-8-7-14(11-19-15)20-16(22)18-10-9-12-3-5-13(17)6-4-12/h3-8,11H,9-10H2,1-2H3,(H2,18,20,22). The van der Waals surface area contributed by atoms with Crippen molar-refractivity contribution in [3.05, 3.63) is 54.0 Å². The van der Waals surface area contributed by atoms with Crippen molar-refractivity contribution in [2.24, 2.45) is 0 Å². The van der Waals surface area contributed by atoms with E-state index in [4.69, 9.17) is 0 Å². The van der Waals surface area contributed by atoms with E-state index in [0.717, 1.165) is 11.4 Å². The Kier molecular flexibility index (Phi) is 5.30. The molecule has 0 radical (unpaired) electrons. The van der Waals surface area contributed by atoms with Crippen molar-refractivity contribution in [1.29, 1.82) is 0 Å². The van der Waals surface area contributed by atoms with Crippen LogP contribution in [0.4, 0.5) is 20.7 Å². The van der Waals surface area contributed by atoms with Gasteiger partial charge in [-0.25, -0.2) is 14.2 Å². The molecule has 1 heterocycles. The zero-order valence-electron chi connectivity index (χ0n) is 12.6. The van der Waals surface area contributed by atoms with E-state index in [1.54, 1.807) is 24.4 Å². The fraction of sp³-hybridized carbons (Fsp3) is 0.250. The maximum absolute atomic E-state index is 12.8. The van der Waals surface area contributed by atoms with Crippen molar-refractivity contribution in [3.8, 4) is 0 Å². The predicted molar refractivity (Wildman–Crippen MR) is 85.7 cm³/mol. The second kappa shape index (κ2) is 7.40. The minimum Gasteiger partial charge on any atom is -0.363 e. The van der Waals surface area contributed by atoms with Gasteiger partial charge in [0.25, 0.3) is 0 Å². The van der Waals surface area contributed by atoms with E-state index in [0.29, 0.717) is 18.7 Å². The number of nitrogens with one attached hydrogen (secondary N) is 2. The summed E-state index contributed by atoms with van der Waals surface area (Å²) in [7, 11) is 3.80. The third-order valence-electron chi connectivity index (χ3n) is 3.08. The van der Waals surface area contributed by atoms with Crippen LogP contribution in [-0.4, -0.2) is 31.7 Å². The molecule has 116 valence electrons. The van der Waals surface area contributed by atoms with Crippen LogP contribution in [-0.2, 0) is 6.42 Å². The Hall–Kier alpha value is -2.63. The zero-order valence-corrected chi connectivity index (χ0v) is 12.6. The first-order valence-electron chi connectivity index (χ1n) is 6.97. The van der Waals surface area contributed by atoms with E-state index in [9.17, 15) is 9.18 Å². The van der Waals surface area contributed by atoms with E-state index in [1.807, 2.05) is 25.1 Å². The summed E-state index contributed by atoms with van der Waals surface area (Å²) in [5, 5.41) is 5.46. The summed E-state index contributed by atoms with van der Waals surface area (Å²) in [6.07, 6.45) is 2.25. The first-order valence-corrected chi connectivity index (χ1v) is 6.97. The van der Waals surface area contributed by atoms with Crippen LogP contribution in [0.3, 0.4) is 0 Å². The number of hydrogen-bond donors (Lipinski definition) is 2. The Morgan fingerprint density at radius 3 is 2.50 bits per heavy atom. The number of nitrogens with zero attached hydrogens (tertiary/aromatic N) is 2. The van der Waals surface area contributed by atoms with Crippen LogP contribution in [0.1, 0.15) is 5.56 Å². The van der Waals surface area contributed by atoms with Crippen LogP contribution < -0.4 is 15.5 Å². The number of carbonyl (C=O) groups is 1. The predicted octanol–water partition coefficient (Wildman–Crippen LogP) is 2.65. The number of amides is 2. The van der Waals surface area contributed by atoms with E-state index >= 15 is 0 Å². The van der Waals surface area contributed by atoms with Crippen molar-refractivity contribution < 1.29 is 9.18 Å². The van der Waals surface area contributed by atoms with E-state index in [1.165, 1.54) is 12.1 Å². The molecule has 22 heavy (non-hydrogen) atoms. The highest BCUT2D eigenvalue weighted by Gasteiger charge is 2.03. The van der Waals surface area contributed by atoms with Gasteiger partial charge in [0.05, 0.1) is 11.9 Å². The number of hydrogen-bond acceptors (Lipinski definition) is 3. The lowest BCUT2D eigenvalue weighted by Crippen LogP contribution is -2.30. The van der Waals surface area contributed by atoms with Gasteiger partial charge in [0.1, 0.15) is 11.6 Å². The summed E-state index contributed by atoms with van der Waals surface area (Å²) in [6, 6.07) is 9.57. The van der Waals surface area contributed by atoms with Gasteiger partial charge in [-0.05, 0) is 36.2 Å². The van der Waals surface area contributed by atoms with Gasteiger partial charge in [0, 0.05) is 20.6 Å². The molecule has 5 nitrogen and oxygen atoms in total. The quantitative estimate of drug-likeness (QED) is 0.892. The monoisotopic (exact) mass is 302 g/mol. The average Bonchev–Trinajstić information content (AvgIpc) is 2.50. The lowest BCUT2D eigenvalue weighted by Gasteiger charge is -2.12. The molecular formula is C16H19FN4O. The summed E-state index contributed by atoms with van der Waals surface area (Å²) >= 11 is 0. The van der Waals surface area contributed by atoms with Crippen LogP contribution in [0.25, 0.3) is 0 Å². The molecule has 1 aromatic carbocycles. The molecule has 0 atom stereocenters. The lowest BCUT2D eigenvalue weighted by atomic mass is 10.1. The highest BCUT2D eigenvalue weighted by molar-refractivity contribution is 5.89. The number of anilines is 2. The molecule has 2 rings (SSSR count). The zero-order chi connectivity index (χ0) is 15.9. The van der Waals surface area contributed by atoms with Gasteiger partial charge >= 0.3 is 6.03 Å². The van der Waals surface area contributed by atoms with Crippen LogP contribution in [0.2, 0.25) is 0 Å². The Morgan fingerprint density at radius 1 is 1.18 bits per heavy atom. The molecule has 2 amide bonds. The van der Waals surface area contributed by atoms with Crippen molar-refractivity contribution in [1.82, 2.24) is 10.3 Å². The maximum Gasteiger partial charge on any atom is 0.319 e. The minimum absolute atomic E-state index is 0.261. The van der Waals surface area contributed by atoms with Crippen LogP contribution in [0.15, 0.2) is 42.6 Å². The number of carbonyl (C=O) groups excluding carboxylic acids is 1. The lowest BCUT2D eigenvalue weighted by molar-refractivity contribution is 0.252. The normalized spacial score (nSPS) is 10.1. The van der Waals surface area contributed by atoms with Gasteiger partial charge in [-0.3, -0.25) is 0 Å². The van der Waals surface area contributed by atoms with Gasteiger partial charge in [-0.1, -0.05) is 12.1 Å². The minimum atomic E-state index is -0.290. The molecule has 2 N–H and O–H groups in total. The summed E-state index contributed by atoms with van der Waals surface area (Å²) in [4.78, 5) is 17.9. The molecular weight excluding hydrogens is 283 g/mol. The summed E-state index contributed by atoms with van der Waals surface area (Å²) in [6.45, 7) is 0.473. The highest BCUT2D eigenvalue weighted by atomic mass is 19.1. The number of benzene rings is 1. The van der Waals surface area contributed by atoms with Crippen molar-refractivity contribution >= 4 is 17.5 Å². The molecule has 6 heteroatoms. The second-order valence-corrected chi connectivity index (χ2v) is 5.06. The largest absolute Gasteiger partial charge is 0.363 e. The average molecular weight is 302 g/mol. The molecule has 2 aromatic rings. The number of aromatic nitrogens is 1. The first-order chi connectivity index (χ1) is 10.5. The number of pyridine rings is 1. The summed E-state index contributed by atoms with van der Waals surface area (Å²) < 4.78 is 12.8. The number of halogens is 1. The Morgan fingerprint density at radius 2 is 1.91 bits per heavy atom. The third kappa shape index (κ3) is 4.73.